The number of para-hydroxylation sites is 2. The van der Waals surface area contributed by atoms with Gasteiger partial charge in [-0.2, -0.15) is 0 Å². The summed E-state index contributed by atoms with van der Waals surface area (Å²) in [6.07, 6.45) is 3.05. The highest BCUT2D eigenvalue weighted by Crippen LogP contribution is 2.43. The van der Waals surface area contributed by atoms with Crippen LogP contribution in [-0.2, 0) is 0 Å². The zero-order valence-electron chi connectivity index (χ0n) is 33.6. The standard InChI is InChI=1S/C57H39N3O/c1-36-29-31-49(58-57(42-22-13-21-39(33-42)37-15-3-2-4-16-37)59-55(36)46-26-14-20-38-17-7-8-23-43(38)46)54-51(32-30-47-45-25-10-12-28-53(45)61-56(47)54)60-50-27-11-9-24-44(50)48-34-40-18-5-6-19-41(40)35-52(48)60/h2-28,30-36H,29H2,1H3/b49-31+,58-57?,59-55?. The van der Waals surface area contributed by atoms with E-state index in [9.17, 15) is 0 Å². The number of benzene rings is 9. The summed E-state index contributed by atoms with van der Waals surface area (Å²) in [6, 6.07) is 69.1. The van der Waals surface area contributed by atoms with E-state index in [4.69, 9.17) is 14.4 Å². The molecule has 0 amide bonds. The summed E-state index contributed by atoms with van der Waals surface area (Å²) in [5.41, 5.74) is 12.0. The molecule has 1 atom stereocenters. The van der Waals surface area contributed by atoms with E-state index in [0.29, 0.717) is 5.84 Å². The molecule has 0 N–H and O–H groups in total. The zero-order chi connectivity index (χ0) is 40.4. The van der Waals surface area contributed by atoms with Crippen LogP contribution in [0.3, 0.4) is 0 Å². The Kier molecular flexibility index (Phi) is 8.17. The first-order valence-corrected chi connectivity index (χ1v) is 21.0. The lowest BCUT2D eigenvalue weighted by molar-refractivity contribution is 0.667. The predicted octanol–water partition coefficient (Wildman–Crippen LogP) is 15.0. The number of hydrogen-bond donors (Lipinski definition) is 0. The topological polar surface area (TPSA) is 42.8 Å². The number of rotatable bonds is 5. The van der Waals surface area contributed by atoms with Crippen molar-refractivity contribution in [3.8, 4) is 16.8 Å². The molecule has 1 unspecified atom stereocenters. The third kappa shape index (κ3) is 5.83. The quantitative estimate of drug-likeness (QED) is 0.171. The van der Waals surface area contributed by atoms with Gasteiger partial charge in [0.1, 0.15) is 11.2 Å². The molecule has 1 aliphatic rings. The lowest BCUT2D eigenvalue weighted by Crippen LogP contribution is -2.17. The first-order valence-electron chi connectivity index (χ1n) is 21.0. The molecule has 0 fully saturated rings. The molecule has 3 heterocycles. The molecule has 0 saturated heterocycles. The van der Waals surface area contributed by atoms with Gasteiger partial charge in [0.05, 0.1) is 33.7 Å². The lowest BCUT2D eigenvalue weighted by atomic mass is 9.90. The Bertz CT molecular complexity index is 3630. The lowest BCUT2D eigenvalue weighted by Gasteiger charge is -2.21. The van der Waals surface area contributed by atoms with E-state index < -0.39 is 0 Å². The molecule has 1 aliphatic heterocycles. The maximum absolute atomic E-state index is 6.97. The molecule has 4 nitrogen and oxygen atoms in total. The minimum Gasteiger partial charge on any atom is -0.455 e. The van der Waals surface area contributed by atoms with E-state index in [2.05, 4.69) is 206 Å². The molecule has 288 valence electrons. The smallest absolute Gasteiger partial charge is 0.160 e. The fraction of sp³-hybridized carbons (Fsp3) is 0.0526. The van der Waals surface area contributed by atoms with Crippen LogP contribution in [0, 0.1) is 5.92 Å². The summed E-state index contributed by atoms with van der Waals surface area (Å²) in [4.78, 5) is 11.4. The Hall–Kier alpha value is -7.82. The summed E-state index contributed by atoms with van der Waals surface area (Å²) in [5, 5.41) is 9.33. The van der Waals surface area contributed by atoms with E-state index in [1.54, 1.807) is 0 Å². The Morgan fingerprint density at radius 3 is 2.03 bits per heavy atom. The van der Waals surface area contributed by atoms with Crippen LogP contribution in [0.25, 0.3) is 87.8 Å². The molecule has 0 bridgehead atoms. The van der Waals surface area contributed by atoms with Crippen molar-refractivity contribution in [1.29, 1.82) is 0 Å². The van der Waals surface area contributed by atoms with Crippen LogP contribution >= 0.6 is 0 Å². The van der Waals surface area contributed by atoms with Gasteiger partial charge in [0, 0.05) is 38.6 Å². The normalized spacial score (nSPS) is 15.6. The van der Waals surface area contributed by atoms with Crippen LogP contribution in [0.2, 0.25) is 0 Å². The monoisotopic (exact) mass is 781 g/mol. The minimum absolute atomic E-state index is 0.0709. The molecule has 0 aliphatic carbocycles. The highest BCUT2D eigenvalue weighted by Gasteiger charge is 2.26. The van der Waals surface area contributed by atoms with Gasteiger partial charge in [0.15, 0.2) is 5.84 Å². The number of nitrogens with zero attached hydrogens (tertiary/aromatic N) is 3. The molecule has 0 spiro atoms. The highest BCUT2D eigenvalue weighted by molar-refractivity contribution is 6.20. The number of aliphatic imine (C=N–C) groups is 2. The zero-order valence-corrected chi connectivity index (χ0v) is 33.6. The van der Waals surface area contributed by atoms with Gasteiger partial charge in [-0.1, -0.05) is 165 Å². The number of fused-ring (bicyclic) bond motifs is 8. The fourth-order valence-corrected chi connectivity index (χ4v) is 9.47. The van der Waals surface area contributed by atoms with Gasteiger partial charge in [-0.15, -0.1) is 0 Å². The third-order valence-corrected chi connectivity index (χ3v) is 12.4. The summed E-state index contributed by atoms with van der Waals surface area (Å²) in [7, 11) is 0. The van der Waals surface area contributed by atoms with Gasteiger partial charge in [-0.3, -0.25) is 0 Å². The SMILES string of the molecule is CC1C/C=C(\c2c(-n3c4ccccc4c4cc5ccccc5cc43)ccc3c2oc2ccccc23)N=C(c2cccc(-c3ccccc3)c2)N=C1c1cccc2ccccc12. The Labute approximate surface area is 353 Å². The maximum atomic E-state index is 6.97. The van der Waals surface area contributed by atoms with Gasteiger partial charge in [-0.05, 0) is 81.6 Å². The van der Waals surface area contributed by atoms with E-state index in [1.807, 2.05) is 6.07 Å². The first kappa shape index (κ1) is 35.2. The first-order chi connectivity index (χ1) is 30.2. The molecule has 0 saturated carbocycles. The van der Waals surface area contributed by atoms with E-state index in [-0.39, 0.29) is 5.92 Å². The average Bonchev–Trinajstić information content (AvgIpc) is 3.85. The van der Waals surface area contributed by atoms with Crippen LogP contribution in [0.4, 0.5) is 0 Å². The number of aromatic nitrogens is 1. The summed E-state index contributed by atoms with van der Waals surface area (Å²) >= 11 is 0. The fourth-order valence-electron chi connectivity index (χ4n) is 9.47. The van der Waals surface area contributed by atoms with Crippen molar-refractivity contribution >= 4 is 82.5 Å². The maximum Gasteiger partial charge on any atom is 0.160 e. The second-order valence-electron chi connectivity index (χ2n) is 16.1. The van der Waals surface area contributed by atoms with Crippen molar-refractivity contribution in [2.45, 2.75) is 13.3 Å². The van der Waals surface area contributed by atoms with Crippen LogP contribution in [0.15, 0.2) is 215 Å². The van der Waals surface area contributed by atoms with Crippen molar-refractivity contribution in [1.82, 2.24) is 4.57 Å². The second-order valence-corrected chi connectivity index (χ2v) is 16.1. The van der Waals surface area contributed by atoms with Gasteiger partial charge in [0.2, 0.25) is 0 Å². The van der Waals surface area contributed by atoms with Crippen molar-refractivity contribution in [2.75, 3.05) is 0 Å². The van der Waals surface area contributed by atoms with Crippen molar-refractivity contribution in [3.05, 3.63) is 217 Å². The molecule has 61 heavy (non-hydrogen) atoms. The largest absolute Gasteiger partial charge is 0.455 e. The van der Waals surface area contributed by atoms with Crippen LogP contribution in [0.5, 0.6) is 0 Å². The van der Waals surface area contributed by atoms with Crippen LogP contribution in [0.1, 0.15) is 30.0 Å². The molecule has 11 aromatic rings. The minimum atomic E-state index is 0.0709. The molecule has 12 rings (SSSR count). The summed E-state index contributed by atoms with van der Waals surface area (Å²) in [5.74, 6) is 0.729. The van der Waals surface area contributed by atoms with Crippen molar-refractivity contribution in [2.24, 2.45) is 15.9 Å². The van der Waals surface area contributed by atoms with Crippen LogP contribution in [-0.4, -0.2) is 16.1 Å². The molecule has 2 aromatic heterocycles. The summed E-state index contributed by atoms with van der Waals surface area (Å²) in [6.45, 7) is 2.29. The number of hydrogen-bond acceptors (Lipinski definition) is 3. The Morgan fingerprint density at radius 2 is 1.16 bits per heavy atom. The molecule has 9 aromatic carbocycles. The Morgan fingerprint density at radius 1 is 0.492 bits per heavy atom. The molecular weight excluding hydrogens is 743 g/mol. The Balaban J connectivity index is 1.17. The van der Waals surface area contributed by atoms with Crippen LogP contribution < -0.4 is 0 Å². The number of amidine groups is 1. The van der Waals surface area contributed by atoms with Gasteiger partial charge < -0.3 is 8.98 Å². The summed E-state index contributed by atoms with van der Waals surface area (Å²) < 4.78 is 9.38. The predicted molar refractivity (Wildman–Crippen MR) is 256 cm³/mol. The van der Waals surface area contributed by atoms with E-state index in [1.165, 1.54) is 32.3 Å². The average molecular weight is 782 g/mol. The van der Waals surface area contributed by atoms with Gasteiger partial charge in [0.25, 0.3) is 0 Å². The molecule has 4 heteroatoms. The molecule has 0 radical (unpaired) electrons. The number of furan rings is 1. The molecular formula is C57H39N3O. The third-order valence-electron chi connectivity index (χ3n) is 12.4. The highest BCUT2D eigenvalue weighted by atomic mass is 16.3. The van der Waals surface area contributed by atoms with E-state index in [0.717, 1.165) is 84.3 Å². The van der Waals surface area contributed by atoms with E-state index >= 15 is 0 Å². The van der Waals surface area contributed by atoms with Gasteiger partial charge in [-0.25, -0.2) is 9.98 Å². The van der Waals surface area contributed by atoms with Gasteiger partial charge >= 0.3 is 0 Å². The van der Waals surface area contributed by atoms with Crippen molar-refractivity contribution < 1.29 is 4.42 Å². The number of allylic oxidation sites excluding steroid dienone is 1. The second kappa shape index (κ2) is 14.2. The van der Waals surface area contributed by atoms with Crippen molar-refractivity contribution in [3.63, 3.8) is 0 Å².